The Hall–Kier alpha value is -7.93. The summed E-state index contributed by atoms with van der Waals surface area (Å²) in [6.45, 7) is 7.13. The van der Waals surface area contributed by atoms with Crippen LogP contribution in [0.15, 0.2) is 85.1 Å². The Morgan fingerprint density at radius 3 is 2.38 bits per heavy atom. The number of amides is 3. The average molecular weight is 1290 g/mol. The quantitative estimate of drug-likeness (QED) is 0.0327. The lowest BCUT2D eigenvalue weighted by Crippen LogP contribution is -2.64. The lowest BCUT2D eigenvalue weighted by molar-refractivity contribution is -0.271. The molecule has 6 aliphatic rings. The fraction of sp³-hybridized carbons (Fsp3) is 0.460. The molecule has 91 heavy (non-hydrogen) atoms. The number of aliphatic carboxylic acids is 1. The van der Waals surface area contributed by atoms with Gasteiger partial charge in [-0.1, -0.05) is 61.6 Å². The number of aromatic carboxylic acids is 1. The van der Waals surface area contributed by atoms with Crippen LogP contribution in [0, 0.1) is 23.2 Å². The van der Waals surface area contributed by atoms with E-state index in [1.807, 2.05) is 59.0 Å². The van der Waals surface area contributed by atoms with Crippen LogP contribution < -0.4 is 26.0 Å². The van der Waals surface area contributed by atoms with E-state index in [2.05, 4.69) is 29.5 Å². The normalized spacial score (nSPS) is 25.9. The van der Waals surface area contributed by atoms with E-state index in [1.165, 1.54) is 41.7 Å². The number of aliphatic hydroxyl groups excluding tert-OH is 3. The van der Waals surface area contributed by atoms with E-state index in [0.29, 0.717) is 65.7 Å². The summed E-state index contributed by atoms with van der Waals surface area (Å²) in [5.41, 5.74) is 9.75. The van der Waals surface area contributed by atoms with Crippen LogP contribution in [-0.2, 0) is 53.4 Å². The number of fused-ring (bicyclic) bond motifs is 2. The number of carbonyl (C=O) groups excluding carboxylic acids is 3. The number of anilines is 3. The van der Waals surface area contributed by atoms with Gasteiger partial charge >= 0.3 is 18.0 Å². The van der Waals surface area contributed by atoms with Crippen molar-refractivity contribution in [3.05, 3.63) is 119 Å². The number of aliphatic hydroxyl groups is 3. The van der Waals surface area contributed by atoms with Crippen LogP contribution in [0.1, 0.15) is 102 Å². The third kappa shape index (κ3) is 14.1. The largest absolute Gasteiger partial charge is 0.479 e. The Morgan fingerprint density at radius 1 is 0.890 bits per heavy atom. The van der Waals surface area contributed by atoms with Crippen LogP contribution in [-0.4, -0.2) is 174 Å². The summed E-state index contributed by atoms with van der Waals surface area (Å²) >= 11 is 1.40. The third-order valence-corrected chi connectivity index (χ3v) is 19.6. The predicted molar refractivity (Wildman–Crippen MR) is 333 cm³/mol. The Morgan fingerprint density at radius 2 is 1.66 bits per heavy atom. The number of ether oxygens (including phenoxy) is 4. The highest BCUT2D eigenvalue weighted by Gasteiger charge is 2.66. The molecular weight excluding hydrogens is 1220 g/mol. The van der Waals surface area contributed by atoms with Gasteiger partial charge in [-0.05, 0) is 133 Å². The van der Waals surface area contributed by atoms with Gasteiger partial charge < -0.3 is 65.3 Å². The molecule has 0 spiro atoms. The number of nitrogens with zero attached hydrogens (tertiary/aromatic N) is 6. The van der Waals surface area contributed by atoms with Gasteiger partial charge in [0.05, 0.1) is 40.1 Å². The van der Waals surface area contributed by atoms with Crippen LogP contribution in [0.25, 0.3) is 27.4 Å². The maximum Gasteiger partial charge on any atom is 0.410 e. The number of para-hydroxylation sites is 1. The van der Waals surface area contributed by atoms with Gasteiger partial charge in [-0.2, -0.15) is 13.5 Å². The van der Waals surface area contributed by atoms with E-state index in [1.54, 1.807) is 18.3 Å². The summed E-state index contributed by atoms with van der Waals surface area (Å²) < 4.78 is 60.1. The summed E-state index contributed by atoms with van der Waals surface area (Å²) in [6, 6.07) is 21.2. The SMILES string of the molecule is Cc1c(-c2ccc(N3CCc4cccc(C(=O)Nc5nc6ccccc6s5)c4C3)nc2C(=O)O)cnn1CC12CC3(C)CC(C)(C1)CC(OCCN(CCS(=O)(=O)O)C(=O)OCC=Cc1ccc(O[C@@H]4O[C@H](C(=O)O)[C@@H](O)[C@H](O)[C@H]4O)c(NC(=O)CCN)c1)(C3)C2. The van der Waals surface area contributed by atoms with Gasteiger partial charge in [-0.15, -0.1) is 0 Å². The third-order valence-electron chi connectivity index (χ3n) is 17.9. The fourth-order valence-electron chi connectivity index (χ4n) is 15.2. The highest BCUT2D eigenvalue weighted by Crippen LogP contribution is 2.72. The number of aromatic nitrogens is 4. The molecule has 12 rings (SSSR count). The molecule has 28 heteroatoms. The van der Waals surface area contributed by atoms with Gasteiger partial charge in [0.15, 0.2) is 16.9 Å². The molecule has 6 aromatic rings. The van der Waals surface area contributed by atoms with Crippen LogP contribution in [0.3, 0.4) is 0 Å². The van der Waals surface area contributed by atoms with E-state index in [9.17, 15) is 62.5 Å². The minimum absolute atomic E-state index is 0.0000158. The molecule has 4 bridgehead atoms. The van der Waals surface area contributed by atoms with E-state index in [-0.39, 0.29) is 72.0 Å². The van der Waals surface area contributed by atoms with E-state index >= 15 is 0 Å². The monoisotopic (exact) mass is 1290 g/mol. The van der Waals surface area contributed by atoms with Gasteiger partial charge in [0.1, 0.15) is 36.5 Å². The molecule has 5 heterocycles. The summed E-state index contributed by atoms with van der Waals surface area (Å²) in [7, 11) is -4.51. The van der Waals surface area contributed by atoms with Crippen molar-refractivity contribution in [3.63, 3.8) is 0 Å². The smallest absolute Gasteiger partial charge is 0.410 e. The fourth-order valence-corrected chi connectivity index (χ4v) is 16.5. The molecule has 4 aliphatic carbocycles. The second kappa shape index (κ2) is 25.6. The van der Waals surface area contributed by atoms with Crippen molar-refractivity contribution in [3.8, 4) is 16.9 Å². The maximum absolute atomic E-state index is 13.8. The average Bonchev–Trinajstić information content (AvgIpc) is 1.01. The molecule has 484 valence electrons. The molecule has 3 aromatic heterocycles. The molecule has 3 amide bonds. The number of rotatable bonds is 23. The second-order valence-corrected chi connectivity index (χ2v) is 28.0. The standard InChI is InChI=1S/C63H73N9O17S2/c1-36-41(39-14-16-47(68-49(39)55(78)79)71-20-18-38-9-6-10-40(42(38)28-71)54(77)69-58-67-43-11-4-5-12-46(43)90-58)27-65-72(36)35-62-30-60(2)29-61(3,31-62)33-63(32-60,34-62)87-24-21-70(22-25-91(83,84)85)59(82)86-23-7-8-37-13-15-45(44(26-37)66-48(73)17-19-64)88-57-52(76)50(74)51(75)53(89-57)56(80)81/h4-16,26-27,50-53,57,74-76H,17-25,28-35,64H2,1-3H3,(H,66,73)(H,78,79)(H,80,81)(H,67,69,77)(H,83,84,85)/t50-,51-,52+,53-,57+,60?,61?,62?,63?/m0/s1. The van der Waals surface area contributed by atoms with Crippen molar-refractivity contribution in [1.29, 1.82) is 0 Å². The summed E-state index contributed by atoms with van der Waals surface area (Å²) in [6.07, 6.45) is -0.229. The first-order chi connectivity index (χ1) is 43.2. The lowest BCUT2D eigenvalue weighted by Gasteiger charge is -2.69. The Bertz CT molecular complexity index is 3900. The van der Waals surface area contributed by atoms with Crippen molar-refractivity contribution in [1.82, 2.24) is 24.6 Å². The molecule has 1 saturated heterocycles. The summed E-state index contributed by atoms with van der Waals surface area (Å²) in [5.74, 6) is -4.03. The first-order valence-corrected chi connectivity index (χ1v) is 32.4. The van der Waals surface area contributed by atoms with Crippen LogP contribution in [0.2, 0.25) is 0 Å². The summed E-state index contributed by atoms with van der Waals surface area (Å²) in [5, 5.41) is 62.2. The number of hydrogen-bond acceptors (Lipinski definition) is 20. The molecule has 2 unspecified atom stereocenters. The van der Waals surface area contributed by atoms with Gasteiger partial charge in [-0.25, -0.2) is 24.4 Å². The van der Waals surface area contributed by atoms with Crippen molar-refractivity contribution in [2.24, 2.45) is 22.0 Å². The molecule has 2 aliphatic heterocycles. The van der Waals surface area contributed by atoms with Gasteiger partial charge in [0.25, 0.3) is 16.0 Å². The molecule has 3 aromatic carbocycles. The zero-order valence-electron chi connectivity index (χ0n) is 50.3. The number of hydrogen-bond donors (Lipinski definition) is 9. The number of pyridine rings is 1. The molecule has 4 saturated carbocycles. The molecule has 26 nitrogen and oxygen atoms in total. The van der Waals surface area contributed by atoms with Crippen molar-refractivity contribution >= 4 is 84.2 Å². The van der Waals surface area contributed by atoms with E-state index in [4.69, 9.17) is 34.8 Å². The lowest BCUT2D eigenvalue weighted by atomic mass is 9.39. The predicted octanol–water partition coefficient (Wildman–Crippen LogP) is 6.11. The molecule has 0 radical (unpaired) electrons. The maximum atomic E-state index is 13.8. The first kappa shape index (κ1) is 64.6. The zero-order valence-corrected chi connectivity index (χ0v) is 52.0. The number of benzene rings is 3. The number of carboxylic acids is 2. The molecule has 5 fully saturated rings. The van der Waals surface area contributed by atoms with Gasteiger partial charge in [-0.3, -0.25) is 24.1 Å². The Labute approximate surface area is 527 Å². The molecule has 7 atom stereocenters. The minimum Gasteiger partial charge on any atom is -0.479 e. The van der Waals surface area contributed by atoms with Crippen molar-refractivity contribution in [2.75, 3.05) is 60.7 Å². The Balaban J connectivity index is 0.746. The number of carbonyl (C=O) groups is 5. The van der Waals surface area contributed by atoms with Crippen molar-refractivity contribution in [2.45, 2.75) is 122 Å². The first-order valence-electron chi connectivity index (χ1n) is 29.9. The number of thiazole rings is 1. The Kier molecular flexibility index (Phi) is 18.2. The molecular formula is C63H73N9O17S2. The highest BCUT2D eigenvalue weighted by atomic mass is 32.2. The van der Waals surface area contributed by atoms with Crippen LogP contribution >= 0.6 is 11.3 Å². The van der Waals surface area contributed by atoms with Gasteiger partial charge in [0.2, 0.25) is 12.2 Å². The minimum atomic E-state index is -4.51. The van der Waals surface area contributed by atoms with Gasteiger partial charge in [0, 0.05) is 68.1 Å². The molecule has 10 N–H and O–H groups in total. The van der Waals surface area contributed by atoms with E-state index in [0.717, 1.165) is 64.0 Å². The van der Waals surface area contributed by atoms with E-state index < -0.39 is 82.7 Å². The number of nitrogens with one attached hydrogen (secondary N) is 2. The topological polar surface area (TPSA) is 378 Å². The summed E-state index contributed by atoms with van der Waals surface area (Å²) in [4.78, 5) is 77.5. The zero-order chi connectivity index (χ0) is 64.8. The highest BCUT2D eigenvalue weighted by molar-refractivity contribution is 7.85. The van der Waals surface area contributed by atoms with Crippen LogP contribution in [0.5, 0.6) is 5.75 Å². The van der Waals surface area contributed by atoms with Crippen molar-refractivity contribution < 1.29 is 81.4 Å². The second-order valence-electron chi connectivity index (χ2n) is 25.4. The van der Waals surface area contributed by atoms with Crippen LogP contribution in [0.4, 0.5) is 21.4 Å². The number of carboxylic acid groups (broad SMARTS) is 2. The number of nitrogens with two attached hydrogens (primary N) is 1.